The zero-order chi connectivity index (χ0) is 17.5. The molecule has 5 heteroatoms. The van der Waals surface area contributed by atoms with Gasteiger partial charge >= 0.3 is 0 Å². The van der Waals surface area contributed by atoms with Crippen molar-refractivity contribution < 1.29 is 14.9 Å². The Morgan fingerprint density at radius 1 is 1.17 bits per heavy atom. The van der Waals surface area contributed by atoms with Crippen molar-refractivity contribution in [1.29, 1.82) is 0 Å². The van der Waals surface area contributed by atoms with E-state index in [1.165, 1.54) is 11.6 Å². The quantitative estimate of drug-likeness (QED) is 0.441. The van der Waals surface area contributed by atoms with Crippen molar-refractivity contribution in [3.05, 3.63) is 53.6 Å². The lowest BCUT2D eigenvalue weighted by atomic mass is 10.0. The number of aliphatic hydroxyl groups is 1. The smallest absolute Gasteiger partial charge is 0.138 e. The number of methoxy groups -OCH3 is 1. The van der Waals surface area contributed by atoms with Crippen LogP contribution in [-0.2, 0) is 6.42 Å². The zero-order valence-electron chi connectivity index (χ0n) is 14.2. The Labute approximate surface area is 143 Å². The normalized spacial score (nSPS) is 13.5. The number of nitrogens with two attached hydrogens (primary N) is 1. The van der Waals surface area contributed by atoms with Crippen LogP contribution in [0.4, 0.5) is 5.69 Å². The summed E-state index contributed by atoms with van der Waals surface area (Å²) >= 11 is 0. The summed E-state index contributed by atoms with van der Waals surface area (Å²) in [6.45, 7) is 2.55. The maximum atomic E-state index is 10.3. The van der Waals surface area contributed by atoms with Gasteiger partial charge in [0.15, 0.2) is 0 Å². The average Bonchev–Trinajstić information content (AvgIpc) is 2.61. The van der Waals surface area contributed by atoms with E-state index in [0.29, 0.717) is 12.1 Å². The van der Waals surface area contributed by atoms with Crippen LogP contribution in [0.1, 0.15) is 30.6 Å². The highest BCUT2D eigenvalue weighted by molar-refractivity contribution is 5.53. The molecule has 5 nitrogen and oxygen atoms in total. The molecule has 0 saturated heterocycles. The SMILES string of the molecule is CCC(Cc1ccc(OC)cc1)NCC(O)c1ccc(O)c(N)c1. The maximum absolute atomic E-state index is 10.3. The fourth-order valence-electron chi connectivity index (χ4n) is 2.58. The number of nitrogen functional groups attached to an aromatic ring is 1. The number of anilines is 1. The number of hydrogen-bond acceptors (Lipinski definition) is 5. The van der Waals surface area contributed by atoms with Gasteiger partial charge in [0.25, 0.3) is 0 Å². The molecule has 2 aromatic carbocycles. The van der Waals surface area contributed by atoms with Crippen molar-refractivity contribution in [2.75, 3.05) is 19.4 Å². The van der Waals surface area contributed by atoms with E-state index in [1.807, 2.05) is 12.1 Å². The minimum absolute atomic E-state index is 0.0323. The highest BCUT2D eigenvalue weighted by Crippen LogP contribution is 2.24. The van der Waals surface area contributed by atoms with Gasteiger partial charge in [0.2, 0.25) is 0 Å². The van der Waals surface area contributed by atoms with E-state index in [2.05, 4.69) is 24.4 Å². The minimum Gasteiger partial charge on any atom is -0.506 e. The molecule has 2 aromatic rings. The third-order valence-corrected chi connectivity index (χ3v) is 4.17. The molecule has 2 atom stereocenters. The largest absolute Gasteiger partial charge is 0.506 e. The summed E-state index contributed by atoms with van der Waals surface area (Å²) in [6, 6.07) is 13.1. The van der Waals surface area contributed by atoms with E-state index < -0.39 is 6.10 Å². The number of aromatic hydroxyl groups is 1. The van der Waals surface area contributed by atoms with Crippen LogP contribution in [0.3, 0.4) is 0 Å². The number of rotatable bonds is 8. The van der Waals surface area contributed by atoms with E-state index >= 15 is 0 Å². The first-order valence-corrected chi connectivity index (χ1v) is 8.16. The molecule has 2 rings (SSSR count). The Kier molecular flexibility index (Phi) is 6.46. The molecule has 130 valence electrons. The topological polar surface area (TPSA) is 87.7 Å². The molecule has 24 heavy (non-hydrogen) atoms. The van der Waals surface area contributed by atoms with Gasteiger partial charge in [0.1, 0.15) is 11.5 Å². The number of nitrogens with one attached hydrogen (secondary N) is 1. The lowest BCUT2D eigenvalue weighted by Crippen LogP contribution is -2.34. The highest BCUT2D eigenvalue weighted by atomic mass is 16.5. The van der Waals surface area contributed by atoms with Crippen LogP contribution in [0.2, 0.25) is 0 Å². The van der Waals surface area contributed by atoms with Crippen molar-refractivity contribution in [2.24, 2.45) is 0 Å². The fraction of sp³-hybridized carbons (Fsp3) is 0.368. The molecule has 0 spiro atoms. The van der Waals surface area contributed by atoms with E-state index in [9.17, 15) is 10.2 Å². The van der Waals surface area contributed by atoms with Crippen LogP contribution in [0, 0.1) is 0 Å². The molecule has 0 saturated carbocycles. The van der Waals surface area contributed by atoms with E-state index in [4.69, 9.17) is 10.5 Å². The van der Waals surface area contributed by atoms with Crippen molar-refractivity contribution >= 4 is 5.69 Å². The van der Waals surface area contributed by atoms with Crippen LogP contribution in [0.15, 0.2) is 42.5 Å². The predicted molar refractivity (Wildman–Crippen MR) is 96.3 cm³/mol. The first-order chi connectivity index (χ1) is 11.5. The maximum Gasteiger partial charge on any atom is 0.138 e. The second-order valence-corrected chi connectivity index (χ2v) is 5.90. The average molecular weight is 330 g/mol. The second kappa shape index (κ2) is 8.57. The number of phenolic OH excluding ortho intramolecular Hbond substituents is 1. The molecule has 0 aliphatic carbocycles. The van der Waals surface area contributed by atoms with Gasteiger partial charge in [-0.2, -0.15) is 0 Å². The van der Waals surface area contributed by atoms with Crippen molar-refractivity contribution in [1.82, 2.24) is 5.32 Å². The summed E-state index contributed by atoms with van der Waals surface area (Å²) in [7, 11) is 1.66. The summed E-state index contributed by atoms with van der Waals surface area (Å²) in [5, 5.41) is 23.1. The van der Waals surface area contributed by atoms with E-state index in [1.54, 1.807) is 19.2 Å². The molecule has 0 heterocycles. The van der Waals surface area contributed by atoms with Crippen molar-refractivity contribution in [3.8, 4) is 11.5 Å². The van der Waals surface area contributed by atoms with Gasteiger partial charge in [-0.1, -0.05) is 25.1 Å². The summed E-state index contributed by atoms with van der Waals surface area (Å²) in [5.74, 6) is 0.880. The Morgan fingerprint density at radius 2 is 1.88 bits per heavy atom. The fourth-order valence-corrected chi connectivity index (χ4v) is 2.58. The summed E-state index contributed by atoms with van der Waals surface area (Å²) < 4.78 is 5.17. The van der Waals surface area contributed by atoms with Gasteiger partial charge in [-0.3, -0.25) is 0 Å². The Hall–Kier alpha value is -2.24. The van der Waals surface area contributed by atoms with Crippen LogP contribution >= 0.6 is 0 Å². The third-order valence-electron chi connectivity index (χ3n) is 4.17. The molecule has 2 unspecified atom stereocenters. The standard InChI is InChI=1S/C19H26N2O3/c1-3-15(10-13-4-7-16(24-2)8-5-13)21-12-19(23)14-6-9-18(22)17(20)11-14/h4-9,11,15,19,21-23H,3,10,12,20H2,1-2H3. The van der Waals surface area contributed by atoms with Gasteiger partial charge < -0.3 is 26.0 Å². The predicted octanol–water partition coefficient (Wildman–Crippen LogP) is 2.63. The number of phenols is 1. The Bertz CT molecular complexity index is 644. The summed E-state index contributed by atoms with van der Waals surface area (Å²) in [6.07, 6.45) is 1.17. The monoisotopic (exact) mass is 330 g/mol. The molecule has 0 amide bonds. The van der Waals surface area contributed by atoms with Crippen LogP contribution in [0.25, 0.3) is 0 Å². The van der Waals surface area contributed by atoms with E-state index in [-0.39, 0.29) is 17.5 Å². The van der Waals surface area contributed by atoms with Gasteiger partial charge in [-0.25, -0.2) is 0 Å². The molecule has 0 fully saturated rings. The summed E-state index contributed by atoms with van der Waals surface area (Å²) in [5.41, 5.74) is 7.86. The number of ether oxygens (including phenoxy) is 1. The number of aliphatic hydroxyl groups excluding tert-OH is 1. The minimum atomic E-state index is -0.669. The molecule has 0 aliphatic rings. The molecule has 5 N–H and O–H groups in total. The Morgan fingerprint density at radius 3 is 2.46 bits per heavy atom. The molecule has 0 aliphatic heterocycles. The molecule has 0 radical (unpaired) electrons. The molecule has 0 bridgehead atoms. The lowest BCUT2D eigenvalue weighted by Gasteiger charge is -2.20. The molecule has 0 aromatic heterocycles. The van der Waals surface area contributed by atoms with Gasteiger partial charge in [0.05, 0.1) is 18.9 Å². The van der Waals surface area contributed by atoms with Gasteiger partial charge in [-0.15, -0.1) is 0 Å². The molecular formula is C19H26N2O3. The van der Waals surface area contributed by atoms with Gasteiger partial charge in [-0.05, 0) is 48.2 Å². The van der Waals surface area contributed by atoms with Crippen LogP contribution in [0.5, 0.6) is 11.5 Å². The first kappa shape index (κ1) is 18.1. The number of hydrogen-bond donors (Lipinski definition) is 4. The highest BCUT2D eigenvalue weighted by Gasteiger charge is 2.13. The van der Waals surface area contributed by atoms with E-state index in [0.717, 1.165) is 18.6 Å². The van der Waals surface area contributed by atoms with Gasteiger partial charge in [0, 0.05) is 12.6 Å². The lowest BCUT2D eigenvalue weighted by molar-refractivity contribution is 0.169. The summed E-state index contributed by atoms with van der Waals surface area (Å²) in [4.78, 5) is 0. The van der Waals surface area contributed by atoms with Crippen LogP contribution in [-0.4, -0.2) is 29.9 Å². The molecular weight excluding hydrogens is 304 g/mol. The first-order valence-electron chi connectivity index (χ1n) is 8.16. The second-order valence-electron chi connectivity index (χ2n) is 5.90. The van der Waals surface area contributed by atoms with Crippen LogP contribution < -0.4 is 15.8 Å². The Balaban J connectivity index is 1.90. The number of benzene rings is 2. The zero-order valence-corrected chi connectivity index (χ0v) is 14.2. The van der Waals surface area contributed by atoms with Crippen molar-refractivity contribution in [3.63, 3.8) is 0 Å². The third kappa shape index (κ3) is 4.88. The van der Waals surface area contributed by atoms with Crippen molar-refractivity contribution in [2.45, 2.75) is 31.9 Å².